The van der Waals surface area contributed by atoms with E-state index in [4.69, 9.17) is 52.1 Å². The summed E-state index contributed by atoms with van der Waals surface area (Å²) in [5, 5.41) is 85.3. The first kappa shape index (κ1) is 52.4. The van der Waals surface area contributed by atoms with E-state index in [1.54, 1.807) is 20.1 Å². The molecule has 0 spiro atoms. The molecule has 20 nitrogen and oxygen atoms in total. The summed E-state index contributed by atoms with van der Waals surface area (Å²) in [6.45, 7) is 7.58. The number of cyclic esters (lactones) is 1. The lowest BCUT2D eigenvalue weighted by molar-refractivity contribution is -0.360. The van der Waals surface area contributed by atoms with Crippen LogP contribution in [0.4, 0.5) is 0 Å². The molecule has 0 aromatic heterocycles. The molecule has 4 saturated carbocycles. The third-order valence-corrected chi connectivity index (χ3v) is 18.7. The second kappa shape index (κ2) is 20.7. The first-order chi connectivity index (χ1) is 32.8. The highest BCUT2D eigenvalue weighted by Crippen LogP contribution is 2.70. The minimum Gasteiger partial charge on any atom is -0.458 e. The Morgan fingerprint density at radius 3 is 1.93 bits per heavy atom. The number of rotatable bonds is 13. The van der Waals surface area contributed by atoms with E-state index in [-0.39, 0.29) is 47.3 Å². The van der Waals surface area contributed by atoms with Gasteiger partial charge in [-0.3, -0.25) is 0 Å². The maximum Gasteiger partial charge on any atom is 0.331 e. The van der Waals surface area contributed by atoms with Crippen LogP contribution >= 0.6 is 0 Å². The Balaban J connectivity index is 0.764. The molecule has 9 aliphatic rings. The fourth-order valence-electron chi connectivity index (χ4n) is 14.6. The van der Waals surface area contributed by atoms with Crippen LogP contribution in [0.2, 0.25) is 0 Å². The lowest BCUT2D eigenvalue weighted by atomic mass is 9.43. The lowest BCUT2D eigenvalue weighted by Crippen LogP contribution is -2.63. The minimum absolute atomic E-state index is 0.0228. The largest absolute Gasteiger partial charge is 0.458 e. The number of aliphatic hydroxyl groups excluding tert-OH is 7. The number of ether oxygens (including phenoxy) is 11. The number of carbonyl (C=O) groups is 1. The average Bonchev–Trinajstić information content (AvgIpc) is 3.88. The topological polar surface area (TPSA) is 280 Å². The van der Waals surface area contributed by atoms with Gasteiger partial charge in [0.25, 0.3) is 0 Å². The summed E-state index contributed by atoms with van der Waals surface area (Å²) in [6, 6.07) is 0. The van der Waals surface area contributed by atoms with Crippen LogP contribution in [-0.4, -0.2) is 203 Å². The summed E-state index contributed by atoms with van der Waals surface area (Å²) in [7, 11) is 3.15. The molecule has 0 radical (unpaired) electrons. The molecule has 20 heteroatoms. The third-order valence-electron chi connectivity index (χ3n) is 18.7. The molecule has 8 fully saturated rings. The van der Waals surface area contributed by atoms with E-state index in [2.05, 4.69) is 13.8 Å². The van der Waals surface area contributed by atoms with Gasteiger partial charge in [-0.2, -0.15) is 0 Å². The number of methoxy groups -OCH3 is 2. The van der Waals surface area contributed by atoms with Crippen molar-refractivity contribution >= 4 is 5.97 Å². The van der Waals surface area contributed by atoms with Gasteiger partial charge in [-0.05, 0) is 106 Å². The van der Waals surface area contributed by atoms with Crippen LogP contribution in [0, 0.1) is 34.5 Å². The summed E-state index contributed by atoms with van der Waals surface area (Å²) < 4.78 is 66.5. The fourth-order valence-corrected chi connectivity index (χ4v) is 14.6. The van der Waals surface area contributed by atoms with Crippen LogP contribution in [-0.2, 0) is 56.9 Å². The van der Waals surface area contributed by atoms with Gasteiger partial charge in [0.1, 0.15) is 67.6 Å². The normalized spacial score (nSPS) is 53.4. The molecule has 8 N–H and O–H groups in total. The number of hydrogen-bond donors (Lipinski definition) is 8. The van der Waals surface area contributed by atoms with E-state index in [0.717, 1.165) is 63.4 Å². The van der Waals surface area contributed by atoms with Crippen LogP contribution in [0.25, 0.3) is 0 Å². The smallest absolute Gasteiger partial charge is 0.331 e. The quantitative estimate of drug-likeness (QED) is 0.0912. The molecule has 5 heterocycles. The maximum absolute atomic E-state index is 12.7. The zero-order valence-electron chi connectivity index (χ0n) is 40.7. The number of aliphatic hydroxyl groups is 8. The number of fused-ring (bicyclic) bond motifs is 5. The Bertz CT molecular complexity index is 1810. The summed E-state index contributed by atoms with van der Waals surface area (Å²) in [4.78, 5) is 12.0. The van der Waals surface area contributed by atoms with Gasteiger partial charge in [-0.15, -0.1) is 0 Å². The van der Waals surface area contributed by atoms with Crippen molar-refractivity contribution in [3.05, 3.63) is 11.6 Å². The van der Waals surface area contributed by atoms with Gasteiger partial charge in [-0.1, -0.05) is 13.8 Å². The molecule has 394 valence electrons. The molecule has 69 heavy (non-hydrogen) atoms. The molecule has 0 aromatic rings. The average molecular weight is 987 g/mol. The van der Waals surface area contributed by atoms with E-state index in [1.165, 1.54) is 7.11 Å². The Morgan fingerprint density at radius 2 is 1.29 bits per heavy atom. The standard InChI is InChI=1S/C49H78O20/c1-22-43(68-36-18-31(60-6)44(23(2)64-36)69-46-42(57)40(55)38(53)33(67-46)21-62-45-41(56)39(54)37(52)32(19-50)66-45)30(59-5)17-35(63-22)65-26-9-12-47(3)25(16-26)7-8-29-28(47)10-13-48(4)27(11-14-49(29,48)58)24-15-34(51)61-20-24/h15,22-23,25-33,35-46,50,52-58H,7-14,16-21H2,1-6H3/t22-,23-,25-,26+,27-,28+,29-,30+,31+,32-,33-,35+,36+,37-,38-,39+,40+,41-,42-,43-,44-,45-,46+,47+,48-,49+/m1/s1. The van der Waals surface area contributed by atoms with Crippen molar-refractivity contribution in [3.63, 3.8) is 0 Å². The summed E-state index contributed by atoms with van der Waals surface area (Å²) in [6.07, 6.45) is -9.46. The van der Waals surface area contributed by atoms with Crippen LogP contribution < -0.4 is 0 Å². The van der Waals surface area contributed by atoms with Crippen molar-refractivity contribution in [2.45, 2.75) is 221 Å². The van der Waals surface area contributed by atoms with Crippen LogP contribution in [0.3, 0.4) is 0 Å². The summed E-state index contributed by atoms with van der Waals surface area (Å²) >= 11 is 0. The monoisotopic (exact) mass is 987 g/mol. The summed E-state index contributed by atoms with van der Waals surface area (Å²) in [5.41, 5.74) is 0.130. The van der Waals surface area contributed by atoms with Gasteiger partial charge in [0, 0.05) is 38.6 Å². The van der Waals surface area contributed by atoms with Crippen molar-refractivity contribution in [2.24, 2.45) is 34.5 Å². The van der Waals surface area contributed by atoms with Crippen molar-refractivity contribution in [2.75, 3.05) is 34.0 Å². The fraction of sp³-hybridized carbons (Fsp3) is 0.939. The zero-order valence-corrected chi connectivity index (χ0v) is 40.7. The SMILES string of the molecule is CO[C@H]1C[C@H](O[C@H]2CC[C@@]3(C)[C@H](CC[C@@H]4[C@@H]3CC[C@]3(C)[C@@H](C5=CC(=O)OC5)CC[C@]43O)C2)O[C@H](C)[C@H]1O[C@H]1C[C@H](OC)[C@H](O[C@@H]2O[C@H](CO[C@@H]3O[C@H](CO)[C@@H](O)[C@H](O)[C@H]3O)[C@@H](O)[C@H](O)[C@H]2O)[C@@H](C)O1. The predicted molar refractivity (Wildman–Crippen MR) is 236 cm³/mol. The van der Waals surface area contributed by atoms with E-state index < -0.39 is 123 Å². The Kier molecular flexibility index (Phi) is 15.7. The summed E-state index contributed by atoms with van der Waals surface area (Å²) in [5.74, 6) is 1.04. The molecular weight excluding hydrogens is 909 g/mol. The Labute approximate surface area is 403 Å². The van der Waals surface area contributed by atoms with Gasteiger partial charge >= 0.3 is 5.97 Å². The van der Waals surface area contributed by atoms with E-state index in [0.29, 0.717) is 24.9 Å². The molecule has 0 unspecified atom stereocenters. The molecule has 5 aliphatic heterocycles. The molecule has 9 rings (SSSR count). The van der Waals surface area contributed by atoms with Crippen LogP contribution in [0.1, 0.15) is 98.3 Å². The van der Waals surface area contributed by atoms with E-state index >= 15 is 0 Å². The third kappa shape index (κ3) is 9.51. The minimum atomic E-state index is -1.73. The van der Waals surface area contributed by atoms with Crippen molar-refractivity contribution in [3.8, 4) is 0 Å². The zero-order chi connectivity index (χ0) is 49.3. The van der Waals surface area contributed by atoms with Crippen LogP contribution in [0.5, 0.6) is 0 Å². The molecule has 4 saturated heterocycles. The van der Waals surface area contributed by atoms with Crippen LogP contribution in [0.15, 0.2) is 11.6 Å². The second-order valence-electron chi connectivity index (χ2n) is 22.1. The second-order valence-corrected chi connectivity index (χ2v) is 22.1. The molecule has 0 amide bonds. The van der Waals surface area contributed by atoms with E-state index in [1.807, 2.05) is 6.92 Å². The molecule has 4 aliphatic carbocycles. The first-order valence-corrected chi connectivity index (χ1v) is 25.4. The van der Waals surface area contributed by atoms with Gasteiger partial charge in [0.2, 0.25) is 0 Å². The van der Waals surface area contributed by atoms with Gasteiger partial charge < -0.3 is 93.0 Å². The highest BCUT2D eigenvalue weighted by atomic mass is 16.8. The molecule has 0 aromatic carbocycles. The van der Waals surface area contributed by atoms with Crippen molar-refractivity contribution < 1.29 is 97.8 Å². The predicted octanol–water partition coefficient (Wildman–Crippen LogP) is 0.323. The number of hydrogen-bond acceptors (Lipinski definition) is 20. The highest BCUT2D eigenvalue weighted by Gasteiger charge is 2.68. The van der Waals surface area contributed by atoms with Crippen molar-refractivity contribution in [1.82, 2.24) is 0 Å². The molecule has 0 bridgehead atoms. The number of esters is 1. The van der Waals surface area contributed by atoms with E-state index in [9.17, 15) is 45.6 Å². The first-order valence-electron chi connectivity index (χ1n) is 25.4. The van der Waals surface area contributed by atoms with Gasteiger partial charge in [0.05, 0.1) is 49.3 Å². The molecular formula is C49H78O20. The van der Waals surface area contributed by atoms with Gasteiger partial charge in [0.15, 0.2) is 25.2 Å². The maximum atomic E-state index is 12.7. The Hall–Kier alpha value is -1.51. The van der Waals surface area contributed by atoms with Gasteiger partial charge in [-0.25, -0.2) is 4.79 Å². The van der Waals surface area contributed by atoms with Crippen molar-refractivity contribution in [1.29, 1.82) is 0 Å². The molecule has 26 atom stereocenters. The highest BCUT2D eigenvalue weighted by molar-refractivity contribution is 5.85. The number of carbonyl (C=O) groups excluding carboxylic acids is 1. The Morgan fingerprint density at radius 1 is 0.667 bits per heavy atom. The lowest BCUT2D eigenvalue weighted by Gasteiger charge is -2.64.